The van der Waals surface area contributed by atoms with Crippen LogP contribution < -0.4 is 5.32 Å². The van der Waals surface area contributed by atoms with Gasteiger partial charge in [0, 0.05) is 11.9 Å². The van der Waals surface area contributed by atoms with Crippen molar-refractivity contribution < 1.29 is 0 Å². The molecular formula is C14H18N2S. The van der Waals surface area contributed by atoms with E-state index < -0.39 is 0 Å². The standard InChI is InChI=1S/C14H18N2S/c1-10-5-4-6-11(10)9-15-14-12-7-2-3-8-13(12)16-17-14/h2-3,7-8,10-11,15H,4-6,9H2,1H3. The molecule has 1 heterocycles. The smallest absolute Gasteiger partial charge is 0.117 e. The minimum atomic E-state index is 0.843. The van der Waals surface area contributed by atoms with E-state index in [1.54, 1.807) is 11.5 Å². The number of hydrogen-bond donors (Lipinski definition) is 1. The summed E-state index contributed by atoms with van der Waals surface area (Å²) >= 11 is 1.59. The average molecular weight is 246 g/mol. The fourth-order valence-corrected chi connectivity index (χ4v) is 3.53. The predicted octanol–water partition coefficient (Wildman–Crippen LogP) is 4.14. The van der Waals surface area contributed by atoms with E-state index >= 15 is 0 Å². The third kappa shape index (κ3) is 2.16. The van der Waals surface area contributed by atoms with Crippen LogP contribution in [0.2, 0.25) is 0 Å². The van der Waals surface area contributed by atoms with Gasteiger partial charge in [-0.15, -0.1) is 0 Å². The van der Waals surface area contributed by atoms with Crippen molar-refractivity contribution in [3.8, 4) is 0 Å². The van der Waals surface area contributed by atoms with Gasteiger partial charge in [-0.25, -0.2) is 0 Å². The van der Waals surface area contributed by atoms with E-state index in [-0.39, 0.29) is 0 Å². The number of fused-ring (bicyclic) bond motifs is 1. The Morgan fingerprint density at radius 1 is 1.35 bits per heavy atom. The van der Waals surface area contributed by atoms with Gasteiger partial charge in [-0.05, 0) is 41.9 Å². The van der Waals surface area contributed by atoms with Crippen LogP contribution >= 0.6 is 11.5 Å². The van der Waals surface area contributed by atoms with Gasteiger partial charge in [0.05, 0.1) is 5.52 Å². The molecule has 2 nitrogen and oxygen atoms in total. The first-order chi connectivity index (χ1) is 8.34. The number of nitrogens with one attached hydrogen (secondary N) is 1. The number of hydrogen-bond acceptors (Lipinski definition) is 3. The second-order valence-corrected chi connectivity index (χ2v) is 5.85. The SMILES string of the molecule is CC1CCCC1CNc1snc2ccccc12. The summed E-state index contributed by atoms with van der Waals surface area (Å²) in [5.41, 5.74) is 1.11. The van der Waals surface area contributed by atoms with Crippen LogP contribution in [0.5, 0.6) is 0 Å². The molecule has 1 N–H and O–H groups in total. The van der Waals surface area contributed by atoms with Crippen molar-refractivity contribution in [2.75, 3.05) is 11.9 Å². The Balaban J connectivity index is 1.72. The molecule has 0 saturated heterocycles. The van der Waals surface area contributed by atoms with Crippen molar-refractivity contribution >= 4 is 27.4 Å². The average Bonchev–Trinajstić information content (AvgIpc) is 2.93. The normalized spacial score (nSPS) is 24.3. The lowest BCUT2D eigenvalue weighted by Gasteiger charge is -2.15. The lowest BCUT2D eigenvalue weighted by Crippen LogP contribution is -2.15. The van der Waals surface area contributed by atoms with Crippen molar-refractivity contribution in [3.05, 3.63) is 24.3 Å². The summed E-state index contributed by atoms with van der Waals surface area (Å²) < 4.78 is 4.46. The van der Waals surface area contributed by atoms with Crippen LogP contribution in [0, 0.1) is 11.8 Å². The van der Waals surface area contributed by atoms with E-state index in [0.717, 1.165) is 23.9 Å². The summed E-state index contributed by atoms with van der Waals surface area (Å²) in [4.78, 5) is 0. The monoisotopic (exact) mass is 246 g/mol. The highest BCUT2D eigenvalue weighted by Crippen LogP contribution is 2.33. The third-order valence-electron chi connectivity index (χ3n) is 3.95. The second kappa shape index (κ2) is 4.65. The molecule has 90 valence electrons. The molecule has 0 amide bonds. The Kier molecular flexibility index (Phi) is 3.02. The first-order valence-electron chi connectivity index (χ1n) is 6.43. The van der Waals surface area contributed by atoms with E-state index in [2.05, 4.69) is 34.8 Å². The fraction of sp³-hybridized carbons (Fsp3) is 0.500. The molecule has 0 radical (unpaired) electrons. The molecule has 1 aromatic heterocycles. The highest BCUT2D eigenvalue weighted by Gasteiger charge is 2.23. The van der Waals surface area contributed by atoms with E-state index in [4.69, 9.17) is 0 Å². The molecule has 17 heavy (non-hydrogen) atoms. The Hall–Kier alpha value is -1.09. The Morgan fingerprint density at radius 2 is 2.24 bits per heavy atom. The predicted molar refractivity (Wildman–Crippen MR) is 74.6 cm³/mol. The molecule has 1 saturated carbocycles. The Morgan fingerprint density at radius 3 is 3.06 bits per heavy atom. The van der Waals surface area contributed by atoms with E-state index in [1.807, 2.05) is 6.07 Å². The van der Waals surface area contributed by atoms with Gasteiger partial charge in [0.2, 0.25) is 0 Å². The van der Waals surface area contributed by atoms with Crippen molar-refractivity contribution in [1.82, 2.24) is 4.37 Å². The molecular weight excluding hydrogens is 228 g/mol. The first kappa shape index (κ1) is 11.0. The molecule has 2 aromatic rings. The van der Waals surface area contributed by atoms with Crippen LogP contribution in [0.15, 0.2) is 24.3 Å². The molecule has 1 fully saturated rings. The Labute approximate surface area is 106 Å². The number of aromatic nitrogens is 1. The van der Waals surface area contributed by atoms with Crippen LogP contribution in [-0.2, 0) is 0 Å². The van der Waals surface area contributed by atoms with Gasteiger partial charge in [-0.2, -0.15) is 4.37 Å². The lowest BCUT2D eigenvalue weighted by atomic mass is 9.98. The van der Waals surface area contributed by atoms with Crippen LogP contribution in [0.1, 0.15) is 26.2 Å². The molecule has 2 unspecified atom stereocenters. The molecule has 1 aliphatic rings. The molecule has 3 heteroatoms. The fourth-order valence-electron chi connectivity index (χ4n) is 2.77. The van der Waals surface area contributed by atoms with E-state index in [9.17, 15) is 0 Å². The maximum Gasteiger partial charge on any atom is 0.117 e. The highest BCUT2D eigenvalue weighted by molar-refractivity contribution is 7.11. The summed E-state index contributed by atoms with van der Waals surface area (Å²) in [6.07, 6.45) is 4.18. The summed E-state index contributed by atoms with van der Waals surface area (Å²) in [7, 11) is 0. The van der Waals surface area contributed by atoms with Crippen LogP contribution in [0.25, 0.3) is 10.9 Å². The largest absolute Gasteiger partial charge is 0.375 e. The third-order valence-corrected chi connectivity index (χ3v) is 4.78. The van der Waals surface area contributed by atoms with Crippen LogP contribution in [0.3, 0.4) is 0 Å². The summed E-state index contributed by atoms with van der Waals surface area (Å²) in [5.74, 6) is 1.72. The van der Waals surface area contributed by atoms with E-state index in [1.165, 1.54) is 29.6 Å². The van der Waals surface area contributed by atoms with Gasteiger partial charge in [0.15, 0.2) is 0 Å². The molecule has 1 aromatic carbocycles. The van der Waals surface area contributed by atoms with Crippen molar-refractivity contribution in [2.45, 2.75) is 26.2 Å². The van der Waals surface area contributed by atoms with Gasteiger partial charge in [0.25, 0.3) is 0 Å². The van der Waals surface area contributed by atoms with Crippen LogP contribution in [0.4, 0.5) is 5.00 Å². The lowest BCUT2D eigenvalue weighted by molar-refractivity contribution is 0.440. The molecule has 1 aliphatic carbocycles. The minimum Gasteiger partial charge on any atom is -0.375 e. The maximum absolute atomic E-state index is 4.46. The maximum atomic E-state index is 4.46. The zero-order valence-corrected chi connectivity index (χ0v) is 11.0. The van der Waals surface area contributed by atoms with Gasteiger partial charge in [0.1, 0.15) is 5.00 Å². The van der Waals surface area contributed by atoms with Gasteiger partial charge >= 0.3 is 0 Å². The second-order valence-electron chi connectivity index (χ2n) is 5.08. The number of rotatable bonds is 3. The number of benzene rings is 1. The van der Waals surface area contributed by atoms with Crippen molar-refractivity contribution in [2.24, 2.45) is 11.8 Å². The highest BCUT2D eigenvalue weighted by atomic mass is 32.1. The topological polar surface area (TPSA) is 24.9 Å². The van der Waals surface area contributed by atoms with Gasteiger partial charge in [-0.3, -0.25) is 0 Å². The van der Waals surface area contributed by atoms with Gasteiger partial charge < -0.3 is 5.32 Å². The Bertz CT molecular complexity index is 506. The van der Waals surface area contributed by atoms with Crippen molar-refractivity contribution in [3.63, 3.8) is 0 Å². The van der Waals surface area contributed by atoms with Gasteiger partial charge in [-0.1, -0.05) is 31.9 Å². The van der Waals surface area contributed by atoms with Crippen LogP contribution in [-0.4, -0.2) is 10.9 Å². The molecule has 0 bridgehead atoms. The summed E-state index contributed by atoms with van der Waals surface area (Å²) in [6, 6.07) is 8.36. The quantitative estimate of drug-likeness (QED) is 0.880. The zero-order valence-electron chi connectivity index (χ0n) is 10.1. The molecule has 3 rings (SSSR count). The number of anilines is 1. The summed E-state index contributed by atoms with van der Waals surface area (Å²) in [6.45, 7) is 3.48. The minimum absolute atomic E-state index is 0.843. The number of nitrogens with zero attached hydrogens (tertiary/aromatic N) is 1. The van der Waals surface area contributed by atoms with Crippen molar-refractivity contribution in [1.29, 1.82) is 0 Å². The molecule has 2 atom stereocenters. The summed E-state index contributed by atoms with van der Waals surface area (Å²) in [5, 5.41) is 6.10. The zero-order chi connectivity index (χ0) is 11.7. The first-order valence-corrected chi connectivity index (χ1v) is 7.20. The molecule has 0 aliphatic heterocycles. The van der Waals surface area contributed by atoms with E-state index in [0.29, 0.717) is 0 Å². The molecule has 0 spiro atoms.